The molecule has 2 heterocycles. The number of anilines is 2. The summed E-state index contributed by atoms with van der Waals surface area (Å²) in [5, 5.41) is 14.3. The average molecular weight is 421 g/mol. The molecule has 3 aromatic rings. The van der Waals surface area contributed by atoms with Crippen LogP contribution in [0.25, 0.3) is 0 Å². The highest BCUT2D eigenvalue weighted by Crippen LogP contribution is 2.18. The van der Waals surface area contributed by atoms with Gasteiger partial charge in [0.1, 0.15) is 6.04 Å². The van der Waals surface area contributed by atoms with E-state index in [9.17, 15) is 13.2 Å². The molecule has 0 aliphatic rings. The Labute approximate surface area is 166 Å². The van der Waals surface area contributed by atoms with Crippen LogP contribution in [0, 0.1) is 6.92 Å². The minimum Gasteiger partial charge on any atom is -0.324 e. The van der Waals surface area contributed by atoms with Gasteiger partial charge in [0.25, 0.3) is 10.0 Å². The molecular weight excluding hydrogens is 404 g/mol. The summed E-state index contributed by atoms with van der Waals surface area (Å²) in [6, 6.07) is 9.88. The quantitative estimate of drug-likeness (QED) is 0.632. The van der Waals surface area contributed by atoms with Crippen LogP contribution in [0.2, 0.25) is 5.15 Å². The van der Waals surface area contributed by atoms with Crippen molar-refractivity contribution in [2.75, 3.05) is 10.0 Å². The molecule has 0 bridgehead atoms. The van der Waals surface area contributed by atoms with E-state index in [1.165, 1.54) is 36.4 Å². The van der Waals surface area contributed by atoms with Gasteiger partial charge in [-0.2, -0.15) is 5.10 Å². The summed E-state index contributed by atoms with van der Waals surface area (Å²) >= 11 is 5.63. The lowest BCUT2D eigenvalue weighted by Gasteiger charge is -2.13. The van der Waals surface area contributed by atoms with Crippen molar-refractivity contribution in [3.05, 3.63) is 59.5 Å². The SMILES string of the molecule is Cc1ccn(C(C)C(=O)Nc2ccc(S(=O)(=O)Nc3ccc(Cl)nn3)cc2)n1. The number of rotatable bonds is 6. The Morgan fingerprint density at radius 2 is 1.82 bits per heavy atom. The monoisotopic (exact) mass is 420 g/mol. The molecule has 0 saturated heterocycles. The summed E-state index contributed by atoms with van der Waals surface area (Å²) in [4.78, 5) is 12.4. The van der Waals surface area contributed by atoms with E-state index >= 15 is 0 Å². The Kier molecular flexibility index (Phi) is 5.61. The number of hydrogen-bond acceptors (Lipinski definition) is 6. The maximum Gasteiger partial charge on any atom is 0.263 e. The molecule has 2 N–H and O–H groups in total. The second kappa shape index (κ2) is 7.95. The predicted molar refractivity (Wildman–Crippen MR) is 105 cm³/mol. The third kappa shape index (κ3) is 4.65. The molecule has 146 valence electrons. The van der Waals surface area contributed by atoms with Crippen LogP contribution in [-0.2, 0) is 14.8 Å². The van der Waals surface area contributed by atoms with Gasteiger partial charge in [-0.15, -0.1) is 10.2 Å². The van der Waals surface area contributed by atoms with Crippen molar-refractivity contribution in [1.82, 2.24) is 20.0 Å². The van der Waals surface area contributed by atoms with Crippen LogP contribution in [0.1, 0.15) is 18.7 Å². The van der Waals surface area contributed by atoms with Crippen LogP contribution < -0.4 is 10.0 Å². The Morgan fingerprint density at radius 1 is 1.11 bits per heavy atom. The summed E-state index contributed by atoms with van der Waals surface area (Å²) in [7, 11) is -3.85. The average Bonchev–Trinajstić information content (AvgIpc) is 3.09. The van der Waals surface area contributed by atoms with Gasteiger partial charge in [0.2, 0.25) is 5.91 Å². The highest BCUT2D eigenvalue weighted by molar-refractivity contribution is 7.92. The number of halogens is 1. The van der Waals surface area contributed by atoms with Gasteiger partial charge in [-0.25, -0.2) is 8.42 Å². The van der Waals surface area contributed by atoms with Gasteiger partial charge >= 0.3 is 0 Å². The number of nitrogens with one attached hydrogen (secondary N) is 2. The van der Waals surface area contributed by atoms with Crippen LogP contribution >= 0.6 is 11.6 Å². The molecule has 0 saturated carbocycles. The maximum atomic E-state index is 12.4. The van der Waals surface area contributed by atoms with Crippen LogP contribution in [0.3, 0.4) is 0 Å². The van der Waals surface area contributed by atoms with Crippen molar-refractivity contribution in [2.24, 2.45) is 0 Å². The molecular formula is C17H17ClN6O3S. The molecule has 0 fully saturated rings. The minimum atomic E-state index is -3.85. The van der Waals surface area contributed by atoms with Crippen LogP contribution in [0.4, 0.5) is 11.5 Å². The molecule has 1 unspecified atom stereocenters. The molecule has 28 heavy (non-hydrogen) atoms. The van der Waals surface area contributed by atoms with E-state index < -0.39 is 16.1 Å². The number of aromatic nitrogens is 4. The van der Waals surface area contributed by atoms with E-state index in [1.807, 2.05) is 13.0 Å². The standard InChI is InChI=1S/C17H17ClN6O3S/c1-11-9-10-24(22-11)12(2)17(25)19-13-3-5-14(6-4-13)28(26,27)23-16-8-7-15(18)20-21-16/h3-10,12H,1-2H3,(H,19,25)(H,21,23). The zero-order chi connectivity index (χ0) is 20.3. The highest BCUT2D eigenvalue weighted by atomic mass is 35.5. The lowest BCUT2D eigenvalue weighted by molar-refractivity contribution is -0.119. The van der Waals surface area contributed by atoms with Gasteiger partial charge in [-0.3, -0.25) is 14.2 Å². The summed E-state index contributed by atoms with van der Waals surface area (Å²) in [6.07, 6.45) is 1.72. The van der Waals surface area contributed by atoms with Crippen molar-refractivity contribution in [3.8, 4) is 0 Å². The lowest BCUT2D eigenvalue weighted by Crippen LogP contribution is -2.24. The van der Waals surface area contributed by atoms with Crippen LogP contribution in [-0.4, -0.2) is 34.3 Å². The van der Waals surface area contributed by atoms with E-state index in [-0.39, 0.29) is 21.8 Å². The molecule has 9 nitrogen and oxygen atoms in total. The molecule has 0 spiro atoms. The smallest absolute Gasteiger partial charge is 0.263 e. The number of nitrogens with zero attached hydrogens (tertiary/aromatic N) is 4. The van der Waals surface area contributed by atoms with Gasteiger partial charge in [0, 0.05) is 11.9 Å². The largest absolute Gasteiger partial charge is 0.324 e. The number of carbonyl (C=O) groups excluding carboxylic acids is 1. The molecule has 2 aromatic heterocycles. The molecule has 1 atom stereocenters. The summed E-state index contributed by atoms with van der Waals surface area (Å²) in [5.74, 6) is -0.224. The Balaban J connectivity index is 1.68. The fraction of sp³-hybridized carbons (Fsp3) is 0.176. The number of hydrogen-bond donors (Lipinski definition) is 2. The first-order valence-corrected chi connectivity index (χ1v) is 10.1. The third-order valence-corrected chi connectivity index (χ3v) is 5.39. The van der Waals surface area contributed by atoms with E-state index in [4.69, 9.17) is 11.6 Å². The van der Waals surface area contributed by atoms with Crippen molar-refractivity contribution < 1.29 is 13.2 Å². The highest BCUT2D eigenvalue weighted by Gasteiger charge is 2.18. The number of carbonyl (C=O) groups is 1. The van der Waals surface area contributed by atoms with Crippen molar-refractivity contribution >= 4 is 39.0 Å². The number of benzene rings is 1. The van der Waals surface area contributed by atoms with Crippen molar-refractivity contribution in [1.29, 1.82) is 0 Å². The van der Waals surface area contributed by atoms with Gasteiger partial charge < -0.3 is 5.32 Å². The molecule has 1 amide bonds. The predicted octanol–water partition coefficient (Wildman–Crippen LogP) is 2.64. The summed E-state index contributed by atoms with van der Waals surface area (Å²) < 4.78 is 28.7. The van der Waals surface area contributed by atoms with Gasteiger partial charge in [-0.1, -0.05) is 11.6 Å². The Hall–Kier alpha value is -2.98. The fourth-order valence-corrected chi connectivity index (χ4v) is 3.40. The zero-order valence-corrected chi connectivity index (χ0v) is 16.6. The fourth-order valence-electron chi connectivity index (χ4n) is 2.30. The topological polar surface area (TPSA) is 119 Å². The van der Waals surface area contributed by atoms with Crippen LogP contribution in [0.15, 0.2) is 53.6 Å². The molecule has 0 aliphatic heterocycles. The van der Waals surface area contributed by atoms with Gasteiger partial charge in [0.05, 0.1) is 10.6 Å². The van der Waals surface area contributed by atoms with Crippen LogP contribution in [0.5, 0.6) is 0 Å². The molecule has 11 heteroatoms. The number of sulfonamides is 1. The first kappa shape index (κ1) is 19.8. The van der Waals surface area contributed by atoms with Crippen molar-refractivity contribution in [2.45, 2.75) is 24.8 Å². The first-order chi connectivity index (χ1) is 13.2. The molecule has 3 rings (SSSR count). The minimum absolute atomic E-state index is 0.0120. The van der Waals surface area contributed by atoms with Gasteiger partial charge in [0.15, 0.2) is 11.0 Å². The van der Waals surface area contributed by atoms with Crippen molar-refractivity contribution in [3.63, 3.8) is 0 Å². The second-order valence-electron chi connectivity index (χ2n) is 5.97. The van der Waals surface area contributed by atoms with Gasteiger partial charge in [-0.05, 0) is 56.3 Å². The molecule has 1 aromatic carbocycles. The number of aryl methyl sites for hydroxylation is 1. The normalized spacial score (nSPS) is 12.4. The zero-order valence-electron chi connectivity index (χ0n) is 15.0. The van der Waals surface area contributed by atoms with E-state index in [2.05, 4.69) is 25.3 Å². The molecule has 0 aliphatic carbocycles. The molecule has 0 radical (unpaired) electrons. The van der Waals surface area contributed by atoms with E-state index in [0.29, 0.717) is 5.69 Å². The number of amides is 1. The third-order valence-electron chi connectivity index (χ3n) is 3.82. The first-order valence-electron chi connectivity index (χ1n) is 8.19. The summed E-state index contributed by atoms with van der Waals surface area (Å²) in [5.41, 5.74) is 1.28. The summed E-state index contributed by atoms with van der Waals surface area (Å²) in [6.45, 7) is 3.56. The second-order valence-corrected chi connectivity index (χ2v) is 8.04. The van der Waals surface area contributed by atoms with E-state index in [0.717, 1.165) is 5.69 Å². The Morgan fingerprint density at radius 3 is 2.39 bits per heavy atom. The lowest BCUT2D eigenvalue weighted by atomic mass is 10.2. The maximum absolute atomic E-state index is 12.4. The Bertz CT molecular complexity index is 1080. The van der Waals surface area contributed by atoms with E-state index in [1.54, 1.807) is 17.8 Å².